The number of benzene rings is 1. The number of nitrogens with one attached hydrogen (secondary N) is 1. The van der Waals surface area contributed by atoms with Gasteiger partial charge in [0, 0.05) is 24.2 Å². The van der Waals surface area contributed by atoms with Gasteiger partial charge in [-0.3, -0.25) is 9.78 Å². The average Bonchev–Trinajstić information content (AvgIpc) is 2.47. The van der Waals surface area contributed by atoms with Crippen molar-refractivity contribution >= 4 is 10.8 Å². The number of nitrogens with zero attached hydrogens (tertiary/aromatic N) is 1. The lowest BCUT2D eigenvalue weighted by atomic mass is 9.96. The number of hydrogen-bond donors (Lipinski definition) is 1. The molecule has 0 amide bonds. The molecule has 1 aromatic carbocycles. The van der Waals surface area contributed by atoms with E-state index in [1.807, 2.05) is 12.3 Å². The van der Waals surface area contributed by atoms with Crippen LogP contribution in [0.15, 0.2) is 53.7 Å². The first-order valence-electron chi connectivity index (χ1n) is 6.72. The summed E-state index contributed by atoms with van der Waals surface area (Å²) in [6.45, 7) is 4.34. The summed E-state index contributed by atoms with van der Waals surface area (Å²) in [4.78, 5) is 18.7. The summed E-state index contributed by atoms with van der Waals surface area (Å²) in [6.07, 6.45) is 5.12. The number of aromatic amines is 1. The molecule has 3 nitrogen and oxygen atoms in total. The monoisotopic (exact) mass is 264 g/mol. The predicted octanol–water partition coefficient (Wildman–Crippen LogP) is 3.71. The average molecular weight is 264 g/mol. The zero-order valence-corrected chi connectivity index (χ0v) is 11.6. The van der Waals surface area contributed by atoms with Gasteiger partial charge in [-0.1, -0.05) is 38.1 Å². The summed E-state index contributed by atoms with van der Waals surface area (Å²) in [7, 11) is 0. The summed E-state index contributed by atoms with van der Waals surface area (Å²) < 4.78 is 0. The minimum atomic E-state index is -0.100. The zero-order chi connectivity index (χ0) is 14.1. The van der Waals surface area contributed by atoms with Crippen LogP contribution in [0.2, 0.25) is 0 Å². The fraction of sp³-hybridized carbons (Fsp3) is 0.176. The van der Waals surface area contributed by atoms with Gasteiger partial charge in [-0.15, -0.1) is 0 Å². The highest BCUT2D eigenvalue weighted by atomic mass is 16.1. The van der Waals surface area contributed by atoms with Crippen LogP contribution >= 0.6 is 0 Å². The number of fused-ring (bicyclic) bond motifs is 1. The number of rotatable bonds is 2. The minimum Gasteiger partial charge on any atom is -0.329 e. The highest BCUT2D eigenvalue weighted by molar-refractivity contribution is 5.95. The van der Waals surface area contributed by atoms with Crippen LogP contribution in [0.1, 0.15) is 25.3 Å². The Balaban J connectivity index is 2.27. The number of aromatic nitrogens is 2. The zero-order valence-electron chi connectivity index (χ0n) is 11.6. The van der Waals surface area contributed by atoms with E-state index in [1.165, 1.54) is 5.56 Å². The minimum absolute atomic E-state index is 0.100. The molecule has 0 bridgehead atoms. The van der Waals surface area contributed by atoms with Gasteiger partial charge >= 0.3 is 0 Å². The maximum Gasteiger partial charge on any atom is 0.257 e. The lowest BCUT2D eigenvalue weighted by Crippen LogP contribution is -2.05. The molecule has 1 N–H and O–H groups in total. The van der Waals surface area contributed by atoms with Crippen LogP contribution in [0.3, 0.4) is 0 Å². The third-order valence-corrected chi connectivity index (χ3v) is 3.56. The van der Waals surface area contributed by atoms with Gasteiger partial charge < -0.3 is 4.98 Å². The van der Waals surface area contributed by atoms with Crippen molar-refractivity contribution in [3.05, 3.63) is 64.8 Å². The van der Waals surface area contributed by atoms with Crippen LogP contribution in [0.5, 0.6) is 0 Å². The van der Waals surface area contributed by atoms with Gasteiger partial charge in [0.2, 0.25) is 0 Å². The first kappa shape index (κ1) is 12.6. The van der Waals surface area contributed by atoms with Gasteiger partial charge in [-0.2, -0.15) is 0 Å². The van der Waals surface area contributed by atoms with Crippen LogP contribution in [-0.4, -0.2) is 9.97 Å². The molecule has 3 heteroatoms. The van der Waals surface area contributed by atoms with E-state index in [0.29, 0.717) is 11.3 Å². The molecule has 0 fully saturated rings. The van der Waals surface area contributed by atoms with Crippen molar-refractivity contribution in [3.63, 3.8) is 0 Å². The second kappa shape index (κ2) is 4.93. The standard InChI is InChI=1S/C17H16N2O/c1-11(2)12-4-3-5-13(8-12)15-9-18-10-16-14(15)6-7-19-17(16)20/h3-11H,1-2H3,(H,19,20). The third kappa shape index (κ3) is 2.11. The summed E-state index contributed by atoms with van der Waals surface area (Å²) in [6, 6.07) is 10.3. The van der Waals surface area contributed by atoms with Gasteiger partial charge in [0.1, 0.15) is 0 Å². The number of H-pyrrole nitrogens is 1. The molecule has 0 unspecified atom stereocenters. The van der Waals surface area contributed by atoms with Crippen LogP contribution < -0.4 is 5.56 Å². The summed E-state index contributed by atoms with van der Waals surface area (Å²) >= 11 is 0. The van der Waals surface area contributed by atoms with Gasteiger partial charge in [0.05, 0.1) is 5.39 Å². The molecule has 2 aromatic heterocycles. The van der Waals surface area contributed by atoms with Crippen molar-refractivity contribution in [2.24, 2.45) is 0 Å². The van der Waals surface area contributed by atoms with Gasteiger partial charge in [0.15, 0.2) is 0 Å². The molecule has 100 valence electrons. The van der Waals surface area contributed by atoms with Crippen molar-refractivity contribution in [3.8, 4) is 11.1 Å². The molecule has 2 heterocycles. The van der Waals surface area contributed by atoms with E-state index in [0.717, 1.165) is 16.5 Å². The van der Waals surface area contributed by atoms with Crippen molar-refractivity contribution in [2.75, 3.05) is 0 Å². The molecular formula is C17H16N2O. The van der Waals surface area contributed by atoms with E-state index in [1.54, 1.807) is 12.4 Å². The first-order valence-corrected chi connectivity index (χ1v) is 6.72. The molecule has 0 aliphatic rings. The van der Waals surface area contributed by atoms with E-state index in [-0.39, 0.29) is 5.56 Å². The molecule has 3 aromatic rings. The fourth-order valence-electron chi connectivity index (χ4n) is 2.40. The molecule has 0 radical (unpaired) electrons. The quantitative estimate of drug-likeness (QED) is 0.766. The van der Waals surface area contributed by atoms with E-state index >= 15 is 0 Å². The Kier molecular flexibility index (Phi) is 3.11. The largest absolute Gasteiger partial charge is 0.329 e. The second-order valence-corrected chi connectivity index (χ2v) is 5.24. The number of pyridine rings is 2. The third-order valence-electron chi connectivity index (χ3n) is 3.56. The SMILES string of the molecule is CC(C)c1cccc(-c2cncc3c(=O)[nH]ccc23)c1. The Morgan fingerprint density at radius 3 is 2.75 bits per heavy atom. The maximum absolute atomic E-state index is 11.8. The normalized spacial score (nSPS) is 11.2. The van der Waals surface area contributed by atoms with Crippen molar-refractivity contribution in [2.45, 2.75) is 19.8 Å². The lowest BCUT2D eigenvalue weighted by Gasteiger charge is -2.10. The van der Waals surface area contributed by atoms with Crippen molar-refractivity contribution in [1.29, 1.82) is 0 Å². The van der Waals surface area contributed by atoms with E-state index in [2.05, 4.69) is 48.1 Å². The van der Waals surface area contributed by atoms with Crippen molar-refractivity contribution < 1.29 is 0 Å². The van der Waals surface area contributed by atoms with E-state index in [4.69, 9.17) is 0 Å². The summed E-state index contributed by atoms with van der Waals surface area (Å²) in [5.41, 5.74) is 3.28. The topological polar surface area (TPSA) is 45.8 Å². The van der Waals surface area contributed by atoms with Crippen molar-refractivity contribution in [1.82, 2.24) is 9.97 Å². The first-order chi connectivity index (χ1) is 9.66. The molecule has 0 aliphatic heterocycles. The highest BCUT2D eigenvalue weighted by Gasteiger charge is 2.08. The predicted molar refractivity (Wildman–Crippen MR) is 81.9 cm³/mol. The summed E-state index contributed by atoms with van der Waals surface area (Å²) in [5, 5.41) is 1.56. The Morgan fingerprint density at radius 2 is 1.95 bits per heavy atom. The van der Waals surface area contributed by atoms with E-state index in [9.17, 15) is 4.79 Å². The molecule has 0 atom stereocenters. The second-order valence-electron chi connectivity index (χ2n) is 5.24. The van der Waals surface area contributed by atoms with E-state index < -0.39 is 0 Å². The summed E-state index contributed by atoms with van der Waals surface area (Å²) in [5.74, 6) is 0.473. The smallest absolute Gasteiger partial charge is 0.257 e. The molecule has 0 aliphatic carbocycles. The Labute approximate surface area is 117 Å². The number of hydrogen-bond acceptors (Lipinski definition) is 2. The molecule has 0 spiro atoms. The Hall–Kier alpha value is -2.42. The molecule has 3 rings (SSSR count). The Morgan fingerprint density at radius 1 is 1.10 bits per heavy atom. The maximum atomic E-state index is 11.8. The van der Waals surface area contributed by atoms with Gasteiger partial charge in [-0.25, -0.2) is 0 Å². The molecular weight excluding hydrogens is 248 g/mol. The van der Waals surface area contributed by atoms with Crippen LogP contribution in [-0.2, 0) is 0 Å². The molecule has 0 saturated carbocycles. The van der Waals surface area contributed by atoms with Gasteiger partial charge in [0.25, 0.3) is 5.56 Å². The molecule has 0 saturated heterocycles. The fourth-order valence-corrected chi connectivity index (χ4v) is 2.40. The highest BCUT2D eigenvalue weighted by Crippen LogP contribution is 2.28. The lowest BCUT2D eigenvalue weighted by molar-refractivity contribution is 0.867. The van der Waals surface area contributed by atoms with Crippen LogP contribution in [0.25, 0.3) is 21.9 Å². The van der Waals surface area contributed by atoms with Crippen LogP contribution in [0, 0.1) is 0 Å². The molecule has 20 heavy (non-hydrogen) atoms. The Bertz CT molecular complexity index is 818. The van der Waals surface area contributed by atoms with Gasteiger partial charge in [-0.05, 0) is 28.5 Å². The van der Waals surface area contributed by atoms with Crippen LogP contribution in [0.4, 0.5) is 0 Å².